The summed E-state index contributed by atoms with van der Waals surface area (Å²) in [4.78, 5) is 0. The van der Waals surface area contributed by atoms with Crippen molar-refractivity contribution in [3.63, 3.8) is 0 Å². The van der Waals surface area contributed by atoms with Gasteiger partial charge in [-0.1, -0.05) is 37.9 Å². The normalized spacial score (nSPS) is 14.3. The van der Waals surface area contributed by atoms with E-state index in [0.717, 1.165) is 12.0 Å². The molecule has 0 fully saturated rings. The Labute approximate surface area is 117 Å². The van der Waals surface area contributed by atoms with E-state index in [4.69, 9.17) is 17.3 Å². The Bertz CT molecular complexity index is 566. The summed E-state index contributed by atoms with van der Waals surface area (Å²) in [5.41, 5.74) is 7.13. The second-order valence-corrected chi connectivity index (χ2v) is 5.16. The minimum atomic E-state index is 0.201. The minimum Gasteiger partial charge on any atom is -0.398 e. The molecule has 2 atom stereocenters. The molecule has 19 heavy (non-hydrogen) atoms. The van der Waals surface area contributed by atoms with Gasteiger partial charge in [-0.15, -0.1) is 5.10 Å². The molecule has 1 aromatic carbocycles. The fourth-order valence-electron chi connectivity index (χ4n) is 1.95. The van der Waals surface area contributed by atoms with Crippen molar-refractivity contribution in [2.45, 2.75) is 33.2 Å². The fraction of sp³-hybridized carbons (Fsp3) is 0.462. The highest BCUT2D eigenvalue weighted by Crippen LogP contribution is 2.32. The van der Waals surface area contributed by atoms with Gasteiger partial charge in [0.25, 0.3) is 0 Å². The average molecular weight is 280 g/mol. The average Bonchev–Trinajstić information content (AvgIpc) is 2.89. The van der Waals surface area contributed by atoms with Gasteiger partial charge in [0.05, 0.1) is 16.8 Å². The summed E-state index contributed by atoms with van der Waals surface area (Å²) in [5.74, 6) is 1.13. The Kier molecular flexibility index (Phi) is 4.04. The molecule has 1 aromatic heterocycles. The minimum absolute atomic E-state index is 0.201. The molecule has 0 spiro atoms. The highest BCUT2D eigenvalue weighted by Gasteiger charge is 2.20. The van der Waals surface area contributed by atoms with Crippen LogP contribution in [0, 0.1) is 5.92 Å². The summed E-state index contributed by atoms with van der Waals surface area (Å²) in [6.07, 6.45) is 1.06. The Balaban J connectivity index is 2.47. The molecule has 1 heterocycles. The smallest absolute Gasteiger partial charge is 0.183 e. The molecule has 0 amide bonds. The second-order valence-electron chi connectivity index (χ2n) is 4.78. The monoisotopic (exact) mass is 279 g/mol. The van der Waals surface area contributed by atoms with Crippen molar-refractivity contribution in [3.05, 3.63) is 23.2 Å². The van der Waals surface area contributed by atoms with E-state index in [1.807, 2.05) is 16.8 Å². The number of aromatic nitrogens is 4. The molecule has 0 bridgehead atoms. The predicted octanol–water partition coefficient (Wildman–Crippen LogP) is 3.18. The molecular formula is C13H18ClN5. The topological polar surface area (TPSA) is 69.6 Å². The zero-order valence-corrected chi connectivity index (χ0v) is 12.1. The lowest BCUT2D eigenvalue weighted by molar-refractivity contribution is 0.340. The number of nitrogen functional groups attached to an aromatic ring is 1. The maximum absolute atomic E-state index is 6.24. The molecule has 2 unspecified atom stereocenters. The van der Waals surface area contributed by atoms with Gasteiger partial charge in [0.15, 0.2) is 5.82 Å². The summed E-state index contributed by atoms with van der Waals surface area (Å²) in [7, 11) is 0. The van der Waals surface area contributed by atoms with Crippen LogP contribution in [-0.2, 0) is 0 Å². The lowest BCUT2D eigenvalue weighted by atomic mass is 10.0. The molecule has 5 nitrogen and oxygen atoms in total. The third-order valence-corrected chi connectivity index (χ3v) is 4.04. The Morgan fingerprint density at radius 1 is 1.37 bits per heavy atom. The Hall–Kier alpha value is -1.62. The lowest BCUT2D eigenvalue weighted by Gasteiger charge is -2.19. The first-order chi connectivity index (χ1) is 9.06. The van der Waals surface area contributed by atoms with Crippen molar-refractivity contribution in [3.8, 4) is 11.4 Å². The van der Waals surface area contributed by atoms with Crippen LogP contribution in [0.15, 0.2) is 18.2 Å². The van der Waals surface area contributed by atoms with Crippen LogP contribution < -0.4 is 5.73 Å². The first kappa shape index (κ1) is 13.8. The van der Waals surface area contributed by atoms with Crippen molar-refractivity contribution < 1.29 is 0 Å². The van der Waals surface area contributed by atoms with Crippen molar-refractivity contribution >= 4 is 17.3 Å². The zero-order valence-electron chi connectivity index (χ0n) is 11.3. The van der Waals surface area contributed by atoms with Gasteiger partial charge in [-0.2, -0.15) is 0 Å². The number of hydrogen-bond donors (Lipinski definition) is 1. The molecule has 0 radical (unpaired) electrons. The third kappa shape index (κ3) is 2.56. The molecule has 102 valence electrons. The van der Waals surface area contributed by atoms with Crippen LogP contribution in [0.1, 0.15) is 33.2 Å². The highest BCUT2D eigenvalue weighted by atomic mass is 35.5. The van der Waals surface area contributed by atoms with E-state index in [2.05, 4.69) is 36.3 Å². The number of rotatable bonds is 4. The van der Waals surface area contributed by atoms with Gasteiger partial charge < -0.3 is 5.73 Å². The van der Waals surface area contributed by atoms with E-state index in [-0.39, 0.29) is 6.04 Å². The summed E-state index contributed by atoms with van der Waals surface area (Å²) >= 11 is 6.24. The summed E-state index contributed by atoms with van der Waals surface area (Å²) in [6, 6.07) is 5.69. The van der Waals surface area contributed by atoms with Gasteiger partial charge in [0, 0.05) is 5.56 Å². The molecule has 2 rings (SSSR count). The van der Waals surface area contributed by atoms with Gasteiger partial charge >= 0.3 is 0 Å². The van der Waals surface area contributed by atoms with Crippen LogP contribution in [0.25, 0.3) is 11.4 Å². The number of hydrogen-bond acceptors (Lipinski definition) is 4. The molecule has 2 aromatic rings. The Morgan fingerprint density at radius 3 is 2.79 bits per heavy atom. The van der Waals surface area contributed by atoms with E-state index in [0.29, 0.717) is 22.5 Å². The standard InChI is InChI=1S/C13H18ClN5/c1-4-8(2)9(3)19-13(16-17-18-19)10-6-5-7-11(15)12(10)14/h5-9H,4,15H2,1-3H3. The van der Waals surface area contributed by atoms with Crippen molar-refractivity contribution in [2.24, 2.45) is 5.92 Å². The van der Waals surface area contributed by atoms with Crippen LogP contribution in [0.2, 0.25) is 5.02 Å². The molecule has 2 N–H and O–H groups in total. The maximum Gasteiger partial charge on any atom is 0.183 e. The number of halogens is 1. The molecule has 0 saturated heterocycles. The third-order valence-electron chi connectivity index (χ3n) is 3.62. The number of benzene rings is 1. The van der Waals surface area contributed by atoms with Crippen molar-refractivity contribution in [2.75, 3.05) is 5.73 Å². The maximum atomic E-state index is 6.24. The van der Waals surface area contributed by atoms with Crippen molar-refractivity contribution in [1.29, 1.82) is 0 Å². The first-order valence-corrected chi connectivity index (χ1v) is 6.76. The Morgan fingerprint density at radius 2 is 2.11 bits per heavy atom. The van der Waals surface area contributed by atoms with Gasteiger partial charge in [-0.3, -0.25) is 0 Å². The van der Waals surface area contributed by atoms with E-state index in [9.17, 15) is 0 Å². The van der Waals surface area contributed by atoms with Crippen LogP contribution in [0.5, 0.6) is 0 Å². The lowest BCUT2D eigenvalue weighted by Crippen LogP contribution is -2.16. The molecule has 0 aliphatic carbocycles. The summed E-state index contributed by atoms with van der Waals surface area (Å²) in [6.45, 7) is 6.43. The SMILES string of the molecule is CCC(C)C(C)n1nnnc1-c1cccc(N)c1Cl. The number of nitrogens with zero attached hydrogens (tertiary/aromatic N) is 4. The summed E-state index contributed by atoms with van der Waals surface area (Å²) < 4.78 is 1.81. The number of tetrazole rings is 1. The number of nitrogens with two attached hydrogens (primary N) is 1. The van der Waals surface area contributed by atoms with E-state index >= 15 is 0 Å². The second kappa shape index (κ2) is 5.57. The first-order valence-electron chi connectivity index (χ1n) is 6.38. The van der Waals surface area contributed by atoms with Crippen molar-refractivity contribution in [1.82, 2.24) is 20.2 Å². The highest BCUT2D eigenvalue weighted by molar-refractivity contribution is 6.35. The number of anilines is 1. The van der Waals surface area contributed by atoms with Gasteiger partial charge in [0.2, 0.25) is 0 Å². The predicted molar refractivity (Wildman–Crippen MR) is 76.8 cm³/mol. The van der Waals surface area contributed by atoms with Crippen LogP contribution in [0.4, 0.5) is 5.69 Å². The molecule has 6 heteroatoms. The zero-order chi connectivity index (χ0) is 14.0. The fourth-order valence-corrected chi connectivity index (χ4v) is 2.16. The molecule has 0 saturated carbocycles. The van der Waals surface area contributed by atoms with E-state index in [1.54, 1.807) is 6.07 Å². The summed E-state index contributed by atoms with van der Waals surface area (Å²) in [5, 5.41) is 12.4. The molecule has 0 aliphatic rings. The van der Waals surface area contributed by atoms with Crippen LogP contribution in [-0.4, -0.2) is 20.2 Å². The van der Waals surface area contributed by atoms with Crippen LogP contribution in [0.3, 0.4) is 0 Å². The van der Waals surface area contributed by atoms with E-state index in [1.165, 1.54) is 0 Å². The molecular weight excluding hydrogens is 262 g/mol. The van der Waals surface area contributed by atoms with Gasteiger partial charge in [-0.05, 0) is 35.4 Å². The van der Waals surface area contributed by atoms with Gasteiger partial charge in [0.1, 0.15) is 0 Å². The quantitative estimate of drug-likeness (QED) is 0.873. The van der Waals surface area contributed by atoms with Crippen LogP contribution >= 0.6 is 11.6 Å². The largest absolute Gasteiger partial charge is 0.398 e. The molecule has 0 aliphatic heterocycles. The van der Waals surface area contributed by atoms with E-state index < -0.39 is 0 Å². The van der Waals surface area contributed by atoms with Gasteiger partial charge in [-0.25, -0.2) is 4.68 Å².